The summed E-state index contributed by atoms with van der Waals surface area (Å²) in [5.74, 6) is 0.0977. The van der Waals surface area contributed by atoms with Crippen LogP contribution in [-0.4, -0.2) is 47.9 Å². The molecule has 0 N–H and O–H groups in total. The molecule has 1 amide bonds. The van der Waals surface area contributed by atoms with Crippen LogP contribution in [0.4, 0.5) is 0 Å². The highest BCUT2D eigenvalue weighted by Gasteiger charge is 2.33. The van der Waals surface area contributed by atoms with E-state index in [4.69, 9.17) is 0 Å². The maximum atomic E-state index is 12.6. The van der Waals surface area contributed by atoms with Crippen LogP contribution in [0, 0.1) is 0 Å². The molecule has 1 aromatic carbocycles. The first kappa shape index (κ1) is 15.0. The molecule has 0 unspecified atom stereocenters. The van der Waals surface area contributed by atoms with Crippen molar-refractivity contribution in [3.05, 3.63) is 32.7 Å². The molecule has 1 aliphatic heterocycles. The second-order valence-electron chi connectivity index (χ2n) is 5.58. The van der Waals surface area contributed by atoms with E-state index in [2.05, 4.69) is 57.7 Å². The van der Waals surface area contributed by atoms with E-state index in [1.165, 1.54) is 0 Å². The Hall–Kier alpha value is -0.390. The third-order valence-corrected chi connectivity index (χ3v) is 4.91. The maximum Gasteiger partial charge on any atom is 0.255 e. The van der Waals surface area contributed by atoms with Gasteiger partial charge in [0.1, 0.15) is 0 Å². The number of piperazine rings is 1. The van der Waals surface area contributed by atoms with E-state index < -0.39 is 0 Å². The number of rotatable bonds is 1. The number of benzene rings is 1. The van der Waals surface area contributed by atoms with Gasteiger partial charge in [0, 0.05) is 34.1 Å². The Morgan fingerprint density at radius 1 is 1.26 bits per heavy atom. The summed E-state index contributed by atoms with van der Waals surface area (Å²) in [6.07, 6.45) is 0. The molecular weight excluding hydrogens is 372 g/mol. The maximum absolute atomic E-state index is 12.6. The van der Waals surface area contributed by atoms with Crippen molar-refractivity contribution in [2.45, 2.75) is 19.4 Å². The number of halogens is 2. The van der Waals surface area contributed by atoms with Crippen molar-refractivity contribution in [2.75, 3.05) is 26.7 Å². The number of amides is 1. The van der Waals surface area contributed by atoms with Gasteiger partial charge < -0.3 is 4.90 Å². The fourth-order valence-electron chi connectivity index (χ4n) is 2.25. The minimum Gasteiger partial charge on any atom is -0.335 e. The predicted molar refractivity (Wildman–Crippen MR) is 84.5 cm³/mol. The van der Waals surface area contributed by atoms with Gasteiger partial charge in [0.05, 0.1) is 5.56 Å². The first-order chi connectivity index (χ1) is 8.81. The minimum atomic E-state index is 0.0236. The first-order valence-corrected chi connectivity index (χ1v) is 7.85. The van der Waals surface area contributed by atoms with Gasteiger partial charge in [0.2, 0.25) is 0 Å². The number of likely N-dealkylation sites (N-methyl/N-ethyl adjacent to an activating group) is 1. The summed E-state index contributed by atoms with van der Waals surface area (Å²) in [4.78, 5) is 16.8. The molecule has 3 nitrogen and oxygen atoms in total. The summed E-state index contributed by atoms with van der Waals surface area (Å²) in [7, 11) is 2.11. The molecule has 0 saturated carbocycles. The number of hydrogen-bond acceptors (Lipinski definition) is 2. The highest BCUT2D eigenvalue weighted by molar-refractivity contribution is 9.11. The third-order valence-electron chi connectivity index (χ3n) is 3.77. The van der Waals surface area contributed by atoms with Crippen LogP contribution in [0.5, 0.6) is 0 Å². The second-order valence-corrected chi connectivity index (χ2v) is 7.35. The van der Waals surface area contributed by atoms with Crippen molar-refractivity contribution in [1.29, 1.82) is 0 Å². The zero-order chi connectivity index (χ0) is 14.2. The highest BCUT2D eigenvalue weighted by atomic mass is 79.9. The van der Waals surface area contributed by atoms with E-state index in [1.807, 2.05) is 23.1 Å². The summed E-state index contributed by atoms with van der Waals surface area (Å²) < 4.78 is 1.80. The van der Waals surface area contributed by atoms with Crippen LogP contribution >= 0.6 is 31.9 Å². The van der Waals surface area contributed by atoms with Crippen molar-refractivity contribution < 1.29 is 4.79 Å². The molecule has 0 aromatic heterocycles. The standard InChI is InChI=1S/C14H18Br2N2O/c1-14(2)9-18(7-6-17(14)3)13(19)11-5-4-10(15)8-12(11)16/h4-5,8H,6-7,9H2,1-3H3. The van der Waals surface area contributed by atoms with Gasteiger partial charge in [-0.15, -0.1) is 0 Å². The normalized spacial score (nSPS) is 19.5. The van der Waals surface area contributed by atoms with Crippen LogP contribution < -0.4 is 0 Å². The molecule has 1 saturated heterocycles. The monoisotopic (exact) mass is 388 g/mol. The van der Waals surface area contributed by atoms with E-state index in [0.717, 1.165) is 34.1 Å². The smallest absolute Gasteiger partial charge is 0.255 e. The molecule has 1 heterocycles. The Labute approximate surface area is 131 Å². The van der Waals surface area contributed by atoms with Gasteiger partial charge in [-0.1, -0.05) is 15.9 Å². The quantitative estimate of drug-likeness (QED) is 0.735. The molecule has 19 heavy (non-hydrogen) atoms. The Morgan fingerprint density at radius 3 is 2.53 bits per heavy atom. The first-order valence-electron chi connectivity index (χ1n) is 6.27. The Balaban J connectivity index is 2.21. The van der Waals surface area contributed by atoms with Gasteiger partial charge in [-0.05, 0) is 55.0 Å². The molecule has 1 aromatic rings. The van der Waals surface area contributed by atoms with Gasteiger partial charge in [-0.2, -0.15) is 0 Å². The lowest BCUT2D eigenvalue weighted by Crippen LogP contribution is -2.58. The summed E-state index contributed by atoms with van der Waals surface area (Å²) >= 11 is 6.87. The molecule has 1 aliphatic rings. The van der Waals surface area contributed by atoms with Crippen LogP contribution in [0.25, 0.3) is 0 Å². The topological polar surface area (TPSA) is 23.6 Å². The largest absolute Gasteiger partial charge is 0.335 e. The SMILES string of the molecule is CN1CCN(C(=O)c2ccc(Br)cc2Br)CC1(C)C. The molecule has 0 spiro atoms. The van der Waals surface area contributed by atoms with Crippen molar-refractivity contribution in [1.82, 2.24) is 9.80 Å². The Bertz CT molecular complexity index is 502. The molecule has 0 atom stereocenters. The van der Waals surface area contributed by atoms with Gasteiger partial charge in [-0.3, -0.25) is 9.69 Å². The number of carbonyl (C=O) groups is 1. The summed E-state index contributed by atoms with van der Waals surface area (Å²) in [5.41, 5.74) is 0.749. The van der Waals surface area contributed by atoms with Gasteiger partial charge >= 0.3 is 0 Å². The van der Waals surface area contributed by atoms with Crippen LogP contribution in [-0.2, 0) is 0 Å². The van der Waals surface area contributed by atoms with E-state index in [1.54, 1.807) is 0 Å². The summed E-state index contributed by atoms with van der Waals surface area (Å²) in [6, 6.07) is 5.68. The minimum absolute atomic E-state index is 0.0236. The highest BCUT2D eigenvalue weighted by Crippen LogP contribution is 2.25. The number of nitrogens with zero attached hydrogens (tertiary/aromatic N) is 2. The van der Waals surface area contributed by atoms with Gasteiger partial charge in [-0.25, -0.2) is 0 Å². The average molecular weight is 390 g/mol. The molecule has 0 radical (unpaired) electrons. The van der Waals surface area contributed by atoms with E-state index >= 15 is 0 Å². The molecule has 2 rings (SSSR count). The fraction of sp³-hybridized carbons (Fsp3) is 0.500. The van der Waals surface area contributed by atoms with E-state index in [9.17, 15) is 4.79 Å². The molecule has 1 fully saturated rings. The average Bonchev–Trinajstić information content (AvgIpc) is 2.32. The zero-order valence-corrected chi connectivity index (χ0v) is 14.6. The van der Waals surface area contributed by atoms with Gasteiger partial charge in [0.25, 0.3) is 5.91 Å². The third kappa shape index (κ3) is 3.20. The van der Waals surface area contributed by atoms with Crippen LogP contribution in [0.15, 0.2) is 27.1 Å². The Morgan fingerprint density at radius 2 is 1.95 bits per heavy atom. The lowest BCUT2D eigenvalue weighted by atomic mass is 9.99. The van der Waals surface area contributed by atoms with Crippen LogP contribution in [0.2, 0.25) is 0 Å². The molecule has 0 aliphatic carbocycles. The Kier molecular flexibility index (Phi) is 4.38. The van der Waals surface area contributed by atoms with E-state index in [-0.39, 0.29) is 11.4 Å². The summed E-state index contributed by atoms with van der Waals surface area (Å²) in [5, 5.41) is 0. The fourth-order valence-corrected chi connectivity index (χ4v) is 3.46. The summed E-state index contributed by atoms with van der Waals surface area (Å²) in [6.45, 7) is 6.78. The van der Waals surface area contributed by atoms with Crippen molar-refractivity contribution in [3.63, 3.8) is 0 Å². The van der Waals surface area contributed by atoms with Crippen LogP contribution in [0.3, 0.4) is 0 Å². The lowest BCUT2D eigenvalue weighted by Gasteiger charge is -2.45. The van der Waals surface area contributed by atoms with Crippen molar-refractivity contribution in [2.24, 2.45) is 0 Å². The number of carbonyl (C=O) groups excluding carboxylic acids is 1. The second kappa shape index (κ2) is 5.54. The molecule has 0 bridgehead atoms. The predicted octanol–water partition coefficient (Wildman–Crippen LogP) is 3.38. The van der Waals surface area contributed by atoms with Crippen molar-refractivity contribution >= 4 is 37.8 Å². The molecule has 104 valence electrons. The zero-order valence-electron chi connectivity index (χ0n) is 11.4. The van der Waals surface area contributed by atoms with Gasteiger partial charge in [0.15, 0.2) is 0 Å². The van der Waals surface area contributed by atoms with Crippen LogP contribution in [0.1, 0.15) is 24.2 Å². The molecular formula is C14H18Br2N2O. The lowest BCUT2D eigenvalue weighted by molar-refractivity contribution is 0.0311. The van der Waals surface area contributed by atoms with E-state index in [0.29, 0.717) is 0 Å². The van der Waals surface area contributed by atoms with Crippen molar-refractivity contribution in [3.8, 4) is 0 Å². The molecule has 5 heteroatoms. The number of hydrogen-bond donors (Lipinski definition) is 0.